The summed E-state index contributed by atoms with van der Waals surface area (Å²) in [6.45, 7) is 0. The second-order valence-electron chi connectivity index (χ2n) is 6.30. The highest BCUT2D eigenvalue weighted by atomic mass is 16.5. The standard InChI is InChI=1S/C22H19N3O2/c1-27-19-9-8-16-10-15(6-7-17(16)11-19)13-24-25-22(26)12-18-14-23-21-5-3-2-4-20(18)21/h2-11,13-14,23H,12H2,1H3,(H,25,26)/b24-13-. The van der Waals surface area contributed by atoms with Crippen molar-refractivity contribution in [3.05, 3.63) is 78.0 Å². The summed E-state index contributed by atoms with van der Waals surface area (Å²) in [5.74, 6) is 0.676. The van der Waals surface area contributed by atoms with Crippen LogP contribution < -0.4 is 10.2 Å². The van der Waals surface area contributed by atoms with E-state index >= 15 is 0 Å². The molecular formula is C22H19N3O2. The Hall–Kier alpha value is -3.60. The van der Waals surface area contributed by atoms with Crippen molar-refractivity contribution in [1.29, 1.82) is 0 Å². The second kappa shape index (κ2) is 7.33. The van der Waals surface area contributed by atoms with Gasteiger partial charge in [0.2, 0.25) is 5.91 Å². The molecule has 0 spiro atoms. The van der Waals surface area contributed by atoms with Gasteiger partial charge in [-0.05, 0) is 46.2 Å². The first kappa shape index (κ1) is 16.8. The monoisotopic (exact) mass is 357 g/mol. The van der Waals surface area contributed by atoms with Gasteiger partial charge in [0.15, 0.2) is 0 Å². The van der Waals surface area contributed by atoms with Gasteiger partial charge in [-0.2, -0.15) is 5.10 Å². The number of carbonyl (C=O) groups excluding carboxylic acids is 1. The molecule has 0 saturated heterocycles. The van der Waals surface area contributed by atoms with E-state index in [1.807, 2.05) is 66.9 Å². The smallest absolute Gasteiger partial charge is 0.244 e. The number of amides is 1. The van der Waals surface area contributed by atoms with Crippen LogP contribution in [0.3, 0.4) is 0 Å². The van der Waals surface area contributed by atoms with Gasteiger partial charge in [-0.3, -0.25) is 4.79 Å². The third-order valence-electron chi connectivity index (χ3n) is 4.50. The van der Waals surface area contributed by atoms with Gasteiger partial charge in [0.25, 0.3) is 0 Å². The van der Waals surface area contributed by atoms with Crippen LogP contribution in [0.2, 0.25) is 0 Å². The van der Waals surface area contributed by atoms with Gasteiger partial charge in [0, 0.05) is 17.1 Å². The van der Waals surface area contributed by atoms with E-state index in [1.165, 1.54) is 0 Å². The molecule has 0 fully saturated rings. The first-order valence-electron chi connectivity index (χ1n) is 8.67. The number of aromatic nitrogens is 1. The Morgan fingerprint density at radius 1 is 1.11 bits per heavy atom. The molecule has 134 valence electrons. The number of H-pyrrole nitrogens is 1. The van der Waals surface area contributed by atoms with Crippen LogP contribution in [0.25, 0.3) is 21.7 Å². The number of methoxy groups -OCH3 is 1. The third-order valence-corrected chi connectivity index (χ3v) is 4.50. The molecule has 4 aromatic rings. The van der Waals surface area contributed by atoms with Gasteiger partial charge in [-0.15, -0.1) is 0 Å². The molecule has 1 heterocycles. The number of hydrazone groups is 1. The number of fused-ring (bicyclic) bond motifs is 2. The maximum absolute atomic E-state index is 12.2. The molecule has 1 amide bonds. The fraction of sp³-hybridized carbons (Fsp3) is 0.0909. The predicted octanol–water partition coefficient (Wildman–Crippen LogP) is 4.02. The third kappa shape index (κ3) is 3.67. The number of rotatable bonds is 5. The summed E-state index contributed by atoms with van der Waals surface area (Å²) in [5, 5.41) is 7.32. The molecule has 27 heavy (non-hydrogen) atoms. The van der Waals surface area contributed by atoms with Crippen LogP contribution in [0.4, 0.5) is 0 Å². The average molecular weight is 357 g/mol. The zero-order chi connectivity index (χ0) is 18.6. The highest BCUT2D eigenvalue weighted by Crippen LogP contribution is 2.21. The lowest BCUT2D eigenvalue weighted by Crippen LogP contribution is -2.19. The van der Waals surface area contributed by atoms with Crippen LogP contribution in [-0.2, 0) is 11.2 Å². The Bertz CT molecular complexity index is 1140. The maximum atomic E-state index is 12.2. The second-order valence-corrected chi connectivity index (χ2v) is 6.30. The summed E-state index contributed by atoms with van der Waals surface area (Å²) < 4.78 is 5.24. The number of nitrogens with zero attached hydrogens (tertiary/aromatic N) is 1. The zero-order valence-electron chi connectivity index (χ0n) is 14.9. The van der Waals surface area contributed by atoms with E-state index in [0.29, 0.717) is 0 Å². The van der Waals surface area contributed by atoms with Crippen LogP contribution in [0.5, 0.6) is 5.75 Å². The molecule has 0 unspecified atom stereocenters. The van der Waals surface area contributed by atoms with E-state index in [9.17, 15) is 4.79 Å². The normalized spacial score (nSPS) is 11.3. The highest BCUT2D eigenvalue weighted by Gasteiger charge is 2.07. The summed E-state index contributed by atoms with van der Waals surface area (Å²) >= 11 is 0. The first-order chi connectivity index (χ1) is 13.2. The van der Waals surface area contributed by atoms with E-state index in [1.54, 1.807) is 13.3 Å². The number of carbonyl (C=O) groups is 1. The van der Waals surface area contributed by atoms with Crippen molar-refractivity contribution in [2.24, 2.45) is 5.10 Å². The van der Waals surface area contributed by atoms with Gasteiger partial charge in [-0.25, -0.2) is 5.43 Å². The van der Waals surface area contributed by atoms with Gasteiger partial charge in [0.1, 0.15) is 5.75 Å². The molecule has 0 saturated carbocycles. The molecule has 1 aromatic heterocycles. The van der Waals surface area contributed by atoms with Gasteiger partial charge in [0.05, 0.1) is 19.7 Å². The Labute approximate surface area is 156 Å². The Morgan fingerprint density at radius 2 is 1.93 bits per heavy atom. The minimum Gasteiger partial charge on any atom is -0.497 e. The average Bonchev–Trinajstić information content (AvgIpc) is 3.10. The number of aromatic amines is 1. The summed E-state index contributed by atoms with van der Waals surface area (Å²) in [6, 6.07) is 19.8. The lowest BCUT2D eigenvalue weighted by molar-refractivity contribution is -0.120. The molecular weight excluding hydrogens is 338 g/mol. The molecule has 0 aliphatic rings. The Balaban J connectivity index is 1.42. The van der Waals surface area contributed by atoms with Crippen molar-refractivity contribution in [2.45, 2.75) is 6.42 Å². The number of para-hydroxylation sites is 1. The van der Waals surface area contributed by atoms with Crippen LogP contribution >= 0.6 is 0 Å². The van der Waals surface area contributed by atoms with Gasteiger partial charge in [-0.1, -0.05) is 36.4 Å². The maximum Gasteiger partial charge on any atom is 0.244 e. The summed E-state index contributed by atoms with van der Waals surface area (Å²) in [4.78, 5) is 15.3. The van der Waals surface area contributed by atoms with Crippen LogP contribution in [-0.4, -0.2) is 24.2 Å². The van der Waals surface area contributed by atoms with Crippen molar-refractivity contribution in [1.82, 2.24) is 10.4 Å². The van der Waals surface area contributed by atoms with Crippen LogP contribution in [0, 0.1) is 0 Å². The quantitative estimate of drug-likeness (QED) is 0.418. The fourth-order valence-electron chi connectivity index (χ4n) is 3.12. The largest absolute Gasteiger partial charge is 0.497 e. The van der Waals surface area contributed by atoms with Crippen molar-refractivity contribution in [3.8, 4) is 5.75 Å². The molecule has 0 bridgehead atoms. The fourth-order valence-corrected chi connectivity index (χ4v) is 3.12. The van der Waals surface area contributed by atoms with Crippen molar-refractivity contribution in [2.75, 3.05) is 7.11 Å². The molecule has 5 heteroatoms. The lowest BCUT2D eigenvalue weighted by atomic mass is 10.1. The molecule has 5 nitrogen and oxygen atoms in total. The number of ether oxygens (including phenoxy) is 1. The number of benzene rings is 3. The minimum atomic E-state index is -0.151. The van der Waals surface area contributed by atoms with Gasteiger partial charge < -0.3 is 9.72 Å². The van der Waals surface area contributed by atoms with E-state index in [2.05, 4.69) is 15.5 Å². The highest BCUT2D eigenvalue weighted by molar-refractivity contribution is 5.92. The molecule has 0 atom stereocenters. The summed E-state index contributed by atoms with van der Waals surface area (Å²) in [7, 11) is 1.65. The van der Waals surface area contributed by atoms with E-state index in [-0.39, 0.29) is 12.3 Å². The van der Waals surface area contributed by atoms with E-state index < -0.39 is 0 Å². The Kier molecular flexibility index (Phi) is 4.58. The molecule has 0 aliphatic carbocycles. The van der Waals surface area contributed by atoms with E-state index in [4.69, 9.17) is 4.74 Å². The van der Waals surface area contributed by atoms with Crippen LogP contribution in [0.15, 0.2) is 72.0 Å². The first-order valence-corrected chi connectivity index (χ1v) is 8.67. The zero-order valence-corrected chi connectivity index (χ0v) is 14.9. The van der Waals surface area contributed by atoms with Crippen molar-refractivity contribution in [3.63, 3.8) is 0 Å². The van der Waals surface area contributed by atoms with Crippen molar-refractivity contribution < 1.29 is 9.53 Å². The number of hydrogen-bond acceptors (Lipinski definition) is 3. The minimum absolute atomic E-state index is 0.151. The van der Waals surface area contributed by atoms with E-state index in [0.717, 1.165) is 38.6 Å². The summed E-state index contributed by atoms with van der Waals surface area (Å²) in [6.07, 6.45) is 3.79. The molecule has 2 N–H and O–H groups in total. The molecule has 0 radical (unpaired) electrons. The SMILES string of the molecule is COc1ccc2cc(/C=N\NC(=O)Cc3c[nH]c4ccccc34)ccc2c1. The topological polar surface area (TPSA) is 66.5 Å². The molecule has 3 aromatic carbocycles. The Morgan fingerprint density at radius 3 is 2.81 bits per heavy atom. The molecule has 4 rings (SSSR count). The summed E-state index contributed by atoms with van der Waals surface area (Å²) in [5.41, 5.74) is 5.49. The number of nitrogens with one attached hydrogen (secondary N) is 2. The van der Waals surface area contributed by atoms with Gasteiger partial charge >= 0.3 is 0 Å². The molecule has 0 aliphatic heterocycles. The predicted molar refractivity (Wildman–Crippen MR) is 108 cm³/mol. The van der Waals surface area contributed by atoms with Crippen LogP contribution in [0.1, 0.15) is 11.1 Å². The van der Waals surface area contributed by atoms with Crippen molar-refractivity contribution >= 4 is 33.8 Å². The number of hydrogen-bond donors (Lipinski definition) is 2. The lowest BCUT2D eigenvalue weighted by Gasteiger charge is -2.03.